The van der Waals surface area contributed by atoms with Gasteiger partial charge in [0.25, 0.3) is 0 Å². The molecule has 0 aromatic heterocycles. The highest BCUT2D eigenvalue weighted by molar-refractivity contribution is 4.99. The van der Waals surface area contributed by atoms with Crippen LogP contribution in [0.15, 0.2) is 0 Å². The summed E-state index contributed by atoms with van der Waals surface area (Å²) in [5, 5.41) is 3.75. The molecule has 2 aliphatic carbocycles. The first-order valence-corrected chi connectivity index (χ1v) is 8.15. The van der Waals surface area contributed by atoms with Crippen LogP contribution in [0.2, 0.25) is 0 Å². The standard InChI is InChI=1S/C16H32N2O/c1-5-17-15-11-12(2)10-13(3)16(15)18(8-9-19-4)14-6-7-14/h12-17H,5-11H2,1-4H3. The van der Waals surface area contributed by atoms with Gasteiger partial charge in [-0.2, -0.15) is 0 Å². The van der Waals surface area contributed by atoms with Gasteiger partial charge in [-0.3, -0.25) is 4.90 Å². The Hall–Kier alpha value is -0.120. The smallest absolute Gasteiger partial charge is 0.0589 e. The first-order valence-electron chi connectivity index (χ1n) is 8.15. The maximum atomic E-state index is 5.33. The van der Waals surface area contributed by atoms with E-state index in [1.165, 1.54) is 25.7 Å². The highest BCUT2D eigenvalue weighted by Gasteiger charge is 2.42. The highest BCUT2D eigenvalue weighted by atomic mass is 16.5. The second kappa shape index (κ2) is 7.05. The lowest BCUT2D eigenvalue weighted by atomic mass is 9.75. The number of rotatable bonds is 7. The van der Waals surface area contributed by atoms with Gasteiger partial charge >= 0.3 is 0 Å². The van der Waals surface area contributed by atoms with E-state index in [4.69, 9.17) is 4.74 Å². The summed E-state index contributed by atoms with van der Waals surface area (Å²) >= 11 is 0. The van der Waals surface area contributed by atoms with Gasteiger partial charge in [0, 0.05) is 31.8 Å². The van der Waals surface area contributed by atoms with Crippen molar-refractivity contribution in [1.82, 2.24) is 10.2 Å². The van der Waals surface area contributed by atoms with Crippen LogP contribution >= 0.6 is 0 Å². The van der Waals surface area contributed by atoms with Gasteiger partial charge in [0.15, 0.2) is 0 Å². The third-order valence-corrected chi connectivity index (χ3v) is 4.84. The lowest BCUT2D eigenvalue weighted by Gasteiger charge is -2.46. The monoisotopic (exact) mass is 268 g/mol. The molecule has 19 heavy (non-hydrogen) atoms. The van der Waals surface area contributed by atoms with Gasteiger partial charge < -0.3 is 10.1 Å². The molecule has 0 aromatic rings. The third-order valence-electron chi connectivity index (χ3n) is 4.84. The summed E-state index contributed by atoms with van der Waals surface area (Å²) in [6.45, 7) is 10.2. The summed E-state index contributed by atoms with van der Waals surface area (Å²) in [6, 6.07) is 2.21. The zero-order valence-electron chi connectivity index (χ0n) is 13.2. The molecule has 0 amide bonds. The van der Waals surface area contributed by atoms with E-state index in [2.05, 4.69) is 31.0 Å². The third kappa shape index (κ3) is 3.93. The number of hydrogen-bond donors (Lipinski definition) is 1. The van der Waals surface area contributed by atoms with Gasteiger partial charge in [-0.15, -0.1) is 0 Å². The number of likely N-dealkylation sites (N-methyl/N-ethyl adjacent to an activating group) is 1. The minimum absolute atomic E-state index is 0.668. The van der Waals surface area contributed by atoms with E-state index in [1.54, 1.807) is 0 Å². The molecule has 0 aliphatic heterocycles. The van der Waals surface area contributed by atoms with E-state index in [1.807, 2.05) is 7.11 Å². The van der Waals surface area contributed by atoms with Gasteiger partial charge in [0.2, 0.25) is 0 Å². The van der Waals surface area contributed by atoms with E-state index >= 15 is 0 Å². The number of ether oxygens (including phenoxy) is 1. The quantitative estimate of drug-likeness (QED) is 0.768. The molecule has 0 heterocycles. The molecule has 0 bridgehead atoms. The molecular formula is C16H32N2O. The van der Waals surface area contributed by atoms with E-state index < -0.39 is 0 Å². The molecule has 0 spiro atoms. The molecule has 2 saturated carbocycles. The Bertz CT molecular complexity index is 267. The Kier molecular flexibility index (Phi) is 5.67. The van der Waals surface area contributed by atoms with Crippen LogP contribution in [0.1, 0.15) is 46.5 Å². The van der Waals surface area contributed by atoms with E-state index in [0.29, 0.717) is 12.1 Å². The predicted octanol–water partition coefficient (Wildman–Crippen LogP) is 2.51. The summed E-state index contributed by atoms with van der Waals surface area (Å²) in [5.74, 6) is 1.66. The van der Waals surface area contributed by atoms with Crippen molar-refractivity contribution in [3.8, 4) is 0 Å². The van der Waals surface area contributed by atoms with Crippen LogP contribution in [-0.4, -0.2) is 49.8 Å². The summed E-state index contributed by atoms with van der Waals surface area (Å²) in [5.41, 5.74) is 0. The van der Waals surface area contributed by atoms with E-state index in [0.717, 1.165) is 37.6 Å². The van der Waals surface area contributed by atoms with E-state index in [-0.39, 0.29) is 0 Å². The maximum Gasteiger partial charge on any atom is 0.0589 e. The van der Waals surface area contributed by atoms with Crippen LogP contribution in [0.25, 0.3) is 0 Å². The van der Waals surface area contributed by atoms with Crippen LogP contribution in [0.3, 0.4) is 0 Å². The molecular weight excluding hydrogens is 236 g/mol. The minimum Gasteiger partial charge on any atom is -0.383 e. The van der Waals surface area contributed by atoms with Crippen LogP contribution in [-0.2, 0) is 4.74 Å². The van der Waals surface area contributed by atoms with Crippen molar-refractivity contribution in [3.63, 3.8) is 0 Å². The van der Waals surface area contributed by atoms with Crippen molar-refractivity contribution >= 4 is 0 Å². The molecule has 4 atom stereocenters. The van der Waals surface area contributed by atoms with Crippen LogP contribution in [0.5, 0.6) is 0 Å². The zero-order valence-corrected chi connectivity index (χ0v) is 13.2. The molecule has 3 nitrogen and oxygen atoms in total. The molecule has 2 rings (SSSR count). The Morgan fingerprint density at radius 2 is 1.95 bits per heavy atom. The molecule has 2 aliphatic rings. The Labute approximate surface area is 119 Å². The van der Waals surface area contributed by atoms with Gasteiger partial charge in [-0.05, 0) is 44.1 Å². The number of hydrogen-bond acceptors (Lipinski definition) is 3. The molecule has 0 aromatic carbocycles. The topological polar surface area (TPSA) is 24.5 Å². The van der Waals surface area contributed by atoms with Gasteiger partial charge in [0.05, 0.1) is 6.61 Å². The molecule has 0 radical (unpaired) electrons. The van der Waals surface area contributed by atoms with Crippen molar-refractivity contribution in [1.29, 1.82) is 0 Å². The lowest BCUT2D eigenvalue weighted by Crippen LogP contribution is -2.57. The lowest BCUT2D eigenvalue weighted by molar-refractivity contribution is 0.0362. The molecule has 1 N–H and O–H groups in total. The number of nitrogens with one attached hydrogen (secondary N) is 1. The molecule has 4 unspecified atom stereocenters. The maximum absolute atomic E-state index is 5.33. The fourth-order valence-electron chi connectivity index (χ4n) is 4.04. The van der Waals surface area contributed by atoms with Crippen molar-refractivity contribution in [2.75, 3.05) is 26.8 Å². The van der Waals surface area contributed by atoms with Crippen molar-refractivity contribution in [2.45, 2.75) is 64.6 Å². The first-order chi connectivity index (χ1) is 9.17. The molecule has 112 valence electrons. The molecule has 0 saturated heterocycles. The summed E-state index contributed by atoms with van der Waals surface area (Å²) < 4.78 is 5.33. The SMILES string of the molecule is CCNC1CC(C)CC(C)C1N(CCOC)C1CC1. The second-order valence-electron chi connectivity index (χ2n) is 6.67. The van der Waals surface area contributed by atoms with Gasteiger partial charge in [-0.1, -0.05) is 20.8 Å². The summed E-state index contributed by atoms with van der Waals surface area (Å²) in [4.78, 5) is 2.76. The van der Waals surface area contributed by atoms with Crippen LogP contribution in [0, 0.1) is 11.8 Å². The zero-order chi connectivity index (χ0) is 13.8. The largest absolute Gasteiger partial charge is 0.383 e. The van der Waals surface area contributed by atoms with Crippen LogP contribution < -0.4 is 5.32 Å². The van der Waals surface area contributed by atoms with Crippen molar-refractivity contribution < 1.29 is 4.74 Å². The predicted molar refractivity (Wildman–Crippen MR) is 80.4 cm³/mol. The Morgan fingerprint density at radius 1 is 1.21 bits per heavy atom. The molecule has 2 fully saturated rings. The first kappa shape index (κ1) is 15.3. The van der Waals surface area contributed by atoms with E-state index in [9.17, 15) is 0 Å². The van der Waals surface area contributed by atoms with Crippen molar-refractivity contribution in [2.24, 2.45) is 11.8 Å². The summed E-state index contributed by atoms with van der Waals surface area (Å²) in [7, 11) is 1.82. The van der Waals surface area contributed by atoms with Gasteiger partial charge in [0.1, 0.15) is 0 Å². The van der Waals surface area contributed by atoms with Crippen molar-refractivity contribution in [3.05, 3.63) is 0 Å². The highest BCUT2D eigenvalue weighted by Crippen LogP contribution is 2.38. The number of nitrogens with zero attached hydrogens (tertiary/aromatic N) is 1. The fourth-order valence-corrected chi connectivity index (χ4v) is 4.04. The number of methoxy groups -OCH3 is 1. The summed E-state index contributed by atoms with van der Waals surface area (Å²) in [6.07, 6.45) is 5.49. The second-order valence-corrected chi connectivity index (χ2v) is 6.67. The Morgan fingerprint density at radius 3 is 2.53 bits per heavy atom. The normalized spacial score (nSPS) is 35.8. The van der Waals surface area contributed by atoms with Crippen LogP contribution in [0.4, 0.5) is 0 Å². The Balaban J connectivity index is 2.06. The average molecular weight is 268 g/mol. The minimum atomic E-state index is 0.668. The average Bonchev–Trinajstić information content (AvgIpc) is 3.16. The fraction of sp³-hybridized carbons (Fsp3) is 1.00. The molecule has 3 heteroatoms. The van der Waals surface area contributed by atoms with Gasteiger partial charge in [-0.25, -0.2) is 0 Å².